The van der Waals surface area contributed by atoms with Gasteiger partial charge in [-0.05, 0) is 95.6 Å². The molecule has 0 radical (unpaired) electrons. The van der Waals surface area contributed by atoms with Gasteiger partial charge in [-0.2, -0.15) is 5.26 Å². The van der Waals surface area contributed by atoms with E-state index < -0.39 is 5.97 Å². The van der Waals surface area contributed by atoms with Crippen molar-refractivity contribution < 1.29 is 19.4 Å². The van der Waals surface area contributed by atoms with Crippen LogP contribution in [0.4, 0.5) is 17.1 Å². The lowest BCUT2D eigenvalue weighted by Gasteiger charge is -2.26. The van der Waals surface area contributed by atoms with Gasteiger partial charge in [-0.1, -0.05) is 36.4 Å². The Bertz CT molecular complexity index is 1670. The molecule has 0 aliphatic carbocycles. The van der Waals surface area contributed by atoms with E-state index in [0.717, 1.165) is 55.0 Å². The number of rotatable bonds is 9. The lowest BCUT2D eigenvalue weighted by molar-refractivity contribution is -0.132. The summed E-state index contributed by atoms with van der Waals surface area (Å²) in [5.41, 5.74) is 5.92. The van der Waals surface area contributed by atoms with E-state index in [4.69, 9.17) is 19.8 Å². The van der Waals surface area contributed by atoms with Gasteiger partial charge in [0, 0.05) is 26.8 Å². The molecule has 5 aromatic rings. The predicted octanol–water partition coefficient (Wildman–Crippen LogP) is 8.56. The number of nitrogens with zero attached hydrogens (tertiary/aromatic N) is 2. The lowest BCUT2D eigenvalue weighted by Crippen LogP contribution is -2.09. The number of hydrogen-bond acceptors (Lipinski definition) is 6. The molecule has 1 heterocycles. The number of benzene rings is 4. The van der Waals surface area contributed by atoms with E-state index in [0.29, 0.717) is 0 Å². The van der Waals surface area contributed by atoms with Crippen molar-refractivity contribution >= 4 is 40.4 Å². The zero-order valence-corrected chi connectivity index (χ0v) is 23.3. The number of hydrogen-bond donors (Lipinski definition) is 1. The monoisotopic (exact) mass is 558 g/mol. The van der Waals surface area contributed by atoms with Gasteiger partial charge in [-0.25, -0.2) is 4.79 Å². The SMILES string of the molecule is COc1ccc(N(c2ccc(OC)cc2)c2ccc(-c3ccc(-c4ccc(/C=C(/C#N)C(=O)O)s4)cc3)cc2)cc1. The van der Waals surface area contributed by atoms with Crippen LogP contribution in [0.15, 0.2) is 115 Å². The summed E-state index contributed by atoms with van der Waals surface area (Å²) in [6.07, 6.45) is 1.40. The molecule has 0 aliphatic heterocycles. The van der Waals surface area contributed by atoms with Crippen LogP contribution in [0.2, 0.25) is 0 Å². The van der Waals surface area contributed by atoms with Gasteiger partial charge in [-0.3, -0.25) is 0 Å². The van der Waals surface area contributed by atoms with Gasteiger partial charge in [0.2, 0.25) is 0 Å². The van der Waals surface area contributed by atoms with Crippen LogP contribution in [0.3, 0.4) is 0 Å². The van der Waals surface area contributed by atoms with Crippen molar-refractivity contribution in [1.29, 1.82) is 5.26 Å². The molecule has 6 nitrogen and oxygen atoms in total. The van der Waals surface area contributed by atoms with Gasteiger partial charge in [0.1, 0.15) is 23.1 Å². The zero-order chi connectivity index (χ0) is 28.8. The van der Waals surface area contributed by atoms with E-state index in [2.05, 4.69) is 41.3 Å². The minimum absolute atomic E-state index is 0.283. The van der Waals surface area contributed by atoms with Crippen molar-refractivity contribution in [1.82, 2.24) is 0 Å². The molecule has 1 aromatic heterocycles. The molecular formula is C34H26N2O4S. The highest BCUT2D eigenvalue weighted by Crippen LogP contribution is 2.37. The number of carboxylic acid groups (broad SMARTS) is 1. The van der Waals surface area contributed by atoms with Crippen LogP contribution in [-0.4, -0.2) is 25.3 Å². The molecule has 0 unspecified atom stereocenters. The summed E-state index contributed by atoms with van der Waals surface area (Å²) in [4.78, 5) is 15.0. The van der Waals surface area contributed by atoms with Crippen molar-refractivity contribution in [3.05, 3.63) is 120 Å². The molecule has 1 N–H and O–H groups in total. The van der Waals surface area contributed by atoms with Crippen LogP contribution >= 0.6 is 11.3 Å². The number of nitriles is 1. The summed E-state index contributed by atoms with van der Waals surface area (Å²) in [5.74, 6) is 0.364. The standard InChI is InChI=1S/C34H26N2O4S/c1-39-30-15-11-28(12-16-30)36(29-13-17-31(40-2)18-14-29)27-9-7-24(8-10-27)23-3-5-25(6-4-23)33-20-19-32(41-33)21-26(22-35)34(37)38/h3-21H,1-2H3,(H,37,38)/b26-21-. The Morgan fingerprint density at radius 2 is 1.15 bits per heavy atom. The fourth-order valence-electron chi connectivity index (χ4n) is 4.41. The first-order chi connectivity index (χ1) is 20.0. The molecule has 0 spiro atoms. The van der Waals surface area contributed by atoms with E-state index >= 15 is 0 Å². The molecular weight excluding hydrogens is 532 g/mol. The van der Waals surface area contributed by atoms with E-state index in [9.17, 15) is 4.79 Å². The molecule has 0 atom stereocenters. The number of thiophene rings is 1. The quantitative estimate of drug-likeness (QED) is 0.144. The lowest BCUT2D eigenvalue weighted by atomic mass is 10.0. The Kier molecular flexibility index (Phi) is 8.14. The van der Waals surface area contributed by atoms with E-state index in [1.165, 1.54) is 17.4 Å². The summed E-state index contributed by atoms with van der Waals surface area (Å²) in [7, 11) is 3.31. The van der Waals surface area contributed by atoms with E-state index in [1.54, 1.807) is 20.3 Å². The Morgan fingerprint density at radius 1 is 0.707 bits per heavy atom. The van der Waals surface area contributed by atoms with Crippen LogP contribution in [0.25, 0.3) is 27.6 Å². The molecule has 7 heteroatoms. The fraction of sp³-hybridized carbons (Fsp3) is 0.0588. The fourth-order valence-corrected chi connectivity index (χ4v) is 5.37. The maximum Gasteiger partial charge on any atom is 0.346 e. The van der Waals surface area contributed by atoms with Gasteiger partial charge in [0.15, 0.2) is 0 Å². The normalized spacial score (nSPS) is 11.0. The molecule has 5 rings (SSSR count). The summed E-state index contributed by atoms with van der Waals surface area (Å²) in [6.45, 7) is 0. The second kappa shape index (κ2) is 12.2. The molecule has 4 aromatic carbocycles. The molecule has 41 heavy (non-hydrogen) atoms. The summed E-state index contributed by atoms with van der Waals surface area (Å²) < 4.78 is 10.7. The smallest absolute Gasteiger partial charge is 0.346 e. The Balaban J connectivity index is 1.40. The molecule has 0 amide bonds. The third-order valence-electron chi connectivity index (χ3n) is 6.55. The minimum atomic E-state index is -1.23. The van der Waals surface area contributed by atoms with Crippen LogP contribution in [0, 0.1) is 11.3 Å². The first-order valence-corrected chi connectivity index (χ1v) is 13.5. The summed E-state index contributed by atoms with van der Waals surface area (Å²) >= 11 is 1.44. The number of anilines is 3. The second-order valence-corrected chi connectivity index (χ2v) is 10.1. The van der Waals surface area contributed by atoms with Crippen molar-refractivity contribution in [2.75, 3.05) is 19.1 Å². The highest BCUT2D eigenvalue weighted by Gasteiger charge is 2.14. The number of carbonyl (C=O) groups is 1. The maximum atomic E-state index is 11.1. The number of carboxylic acids is 1. The highest BCUT2D eigenvalue weighted by molar-refractivity contribution is 7.16. The van der Waals surface area contributed by atoms with E-state index in [1.807, 2.05) is 72.8 Å². The highest BCUT2D eigenvalue weighted by atomic mass is 32.1. The number of aliphatic carboxylic acids is 1. The van der Waals surface area contributed by atoms with Gasteiger partial charge < -0.3 is 19.5 Å². The van der Waals surface area contributed by atoms with Gasteiger partial charge in [0.25, 0.3) is 0 Å². The molecule has 0 bridgehead atoms. The van der Waals surface area contributed by atoms with Crippen LogP contribution < -0.4 is 14.4 Å². The van der Waals surface area contributed by atoms with Gasteiger partial charge in [0.05, 0.1) is 14.2 Å². The van der Waals surface area contributed by atoms with Crippen molar-refractivity contribution in [2.24, 2.45) is 0 Å². The maximum absolute atomic E-state index is 11.1. The number of methoxy groups -OCH3 is 2. The predicted molar refractivity (Wildman–Crippen MR) is 164 cm³/mol. The van der Waals surface area contributed by atoms with Crippen LogP contribution in [-0.2, 0) is 4.79 Å². The molecule has 0 fully saturated rings. The largest absolute Gasteiger partial charge is 0.497 e. The average molecular weight is 559 g/mol. The Hall–Kier alpha value is -5.32. The van der Waals surface area contributed by atoms with Crippen molar-refractivity contribution in [2.45, 2.75) is 0 Å². The molecule has 0 saturated heterocycles. The first-order valence-electron chi connectivity index (χ1n) is 12.7. The molecule has 202 valence electrons. The average Bonchev–Trinajstić information content (AvgIpc) is 3.50. The topological polar surface area (TPSA) is 82.8 Å². The van der Waals surface area contributed by atoms with Gasteiger partial charge in [-0.15, -0.1) is 11.3 Å². The molecule has 0 aliphatic rings. The van der Waals surface area contributed by atoms with Crippen LogP contribution in [0.5, 0.6) is 11.5 Å². The summed E-state index contributed by atoms with van der Waals surface area (Å²) in [5, 5.41) is 18.1. The Labute approximate surface area is 242 Å². The minimum Gasteiger partial charge on any atom is -0.497 e. The van der Waals surface area contributed by atoms with Gasteiger partial charge >= 0.3 is 5.97 Å². The van der Waals surface area contributed by atoms with Crippen molar-refractivity contribution in [3.8, 4) is 39.1 Å². The zero-order valence-electron chi connectivity index (χ0n) is 22.4. The Morgan fingerprint density at radius 3 is 1.59 bits per heavy atom. The molecule has 0 saturated carbocycles. The van der Waals surface area contributed by atoms with E-state index in [-0.39, 0.29) is 5.57 Å². The number of ether oxygens (including phenoxy) is 2. The van der Waals surface area contributed by atoms with Crippen molar-refractivity contribution in [3.63, 3.8) is 0 Å². The third-order valence-corrected chi connectivity index (χ3v) is 7.64. The summed E-state index contributed by atoms with van der Waals surface area (Å²) in [6, 6.07) is 38.0. The third kappa shape index (κ3) is 6.14. The second-order valence-electron chi connectivity index (χ2n) is 9.03. The first kappa shape index (κ1) is 27.3. The van der Waals surface area contributed by atoms with Crippen LogP contribution in [0.1, 0.15) is 4.88 Å².